The molecule has 0 radical (unpaired) electrons. The van der Waals surface area contributed by atoms with Crippen LogP contribution in [0.15, 0.2) is 0 Å². The molecule has 0 aliphatic rings. The molecule has 0 rings (SSSR count). The Kier molecular flexibility index (Phi) is 8.88. The Balaban J connectivity index is 2.82. The van der Waals surface area contributed by atoms with Crippen LogP contribution in [0.4, 0.5) is 0 Å². The highest BCUT2D eigenvalue weighted by atomic mass is 16.5. The summed E-state index contributed by atoms with van der Waals surface area (Å²) in [7, 11) is 0. The van der Waals surface area contributed by atoms with Gasteiger partial charge in [0.05, 0.1) is 13.2 Å². The van der Waals surface area contributed by atoms with Gasteiger partial charge in [-0.2, -0.15) is 0 Å². The highest BCUT2D eigenvalue weighted by Crippen LogP contribution is 1.97. The van der Waals surface area contributed by atoms with Crippen LogP contribution in [0.2, 0.25) is 0 Å². The standard InChI is InChI=1S/C9H21NO2/c1-9(2)3-7-12-8-5-10-4-6-11/h9-11H,3-8H2,1-2H3. The van der Waals surface area contributed by atoms with E-state index in [1.54, 1.807) is 0 Å². The lowest BCUT2D eigenvalue weighted by Gasteiger charge is -2.06. The molecule has 0 bridgehead atoms. The fourth-order valence-electron chi connectivity index (χ4n) is 0.769. The van der Waals surface area contributed by atoms with Crippen molar-refractivity contribution in [3.05, 3.63) is 0 Å². The predicted octanol–water partition coefficient (Wildman–Crippen LogP) is 0.631. The van der Waals surface area contributed by atoms with Gasteiger partial charge in [0, 0.05) is 19.7 Å². The van der Waals surface area contributed by atoms with Gasteiger partial charge in [-0.25, -0.2) is 0 Å². The Morgan fingerprint density at radius 2 is 2.00 bits per heavy atom. The number of hydrogen-bond acceptors (Lipinski definition) is 3. The van der Waals surface area contributed by atoms with Crippen molar-refractivity contribution >= 4 is 0 Å². The van der Waals surface area contributed by atoms with E-state index in [1.165, 1.54) is 0 Å². The van der Waals surface area contributed by atoms with Crippen LogP contribution in [-0.2, 0) is 4.74 Å². The minimum Gasteiger partial charge on any atom is -0.395 e. The molecule has 3 nitrogen and oxygen atoms in total. The molecule has 0 aromatic heterocycles. The molecular weight excluding hydrogens is 154 g/mol. The molecular formula is C9H21NO2. The summed E-state index contributed by atoms with van der Waals surface area (Å²) in [5.41, 5.74) is 0. The van der Waals surface area contributed by atoms with Gasteiger partial charge >= 0.3 is 0 Å². The Morgan fingerprint density at radius 1 is 1.25 bits per heavy atom. The summed E-state index contributed by atoms with van der Waals surface area (Å²) in [5.74, 6) is 0.718. The zero-order valence-corrected chi connectivity index (χ0v) is 8.18. The van der Waals surface area contributed by atoms with Crippen LogP contribution >= 0.6 is 0 Å². The fourth-order valence-corrected chi connectivity index (χ4v) is 0.769. The van der Waals surface area contributed by atoms with Crippen LogP contribution in [0, 0.1) is 5.92 Å². The number of aliphatic hydroxyl groups is 1. The van der Waals surface area contributed by atoms with Gasteiger partial charge < -0.3 is 15.2 Å². The van der Waals surface area contributed by atoms with Crippen molar-refractivity contribution in [3.8, 4) is 0 Å². The normalized spacial score (nSPS) is 11.0. The lowest BCUT2D eigenvalue weighted by atomic mass is 10.1. The smallest absolute Gasteiger partial charge is 0.0590 e. The van der Waals surface area contributed by atoms with E-state index in [2.05, 4.69) is 19.2 Å². The van der Waals surface area contributed by atoms with Crippen molar-refractivity contribution < 1.29 is 9.84 Å². The summed E-state index contributed by atoms with van der Waals surface area (Å²) in [4.78, 5) is 0. The highest BCUT2D eigenvalue weighted by Gasteiger charge is 1.93. The maximum absolute atomic E-state index is 8.44. The summed E-state index contributed by atoms with van der Waals surface area (Å²) >= 11 is 0. The molecule has 0 fully saturated rings. The minimum absolute atomic E-state index is 0.200. The molecule has 2 N–H and O–H groups in total. The first-order chi connectivity index (χ1) is 5.77. The van der Waals surface area contributed by atoms with Crippen LogP contribution in [0.3, 0.4) is 0 Å². The third-order valence-corrected chi connectivity index (χ3v) is 1.55. The molecule has 0 aromatic rings. The molecule has 0 atom stereocenters. The number of ether oxygens (including phenoxy) is 1. The van der Waals surface area contributed by atoms with Gasteiger partial charge in [-0.3, -0.25) is 0 Å². The van der Waals surface area contributed by atoms with Gasteiger partial charge in [-0.15, -0.1) is 0 Å². The van der Waals surface area contributed by atoms with E-state index in [0.29, 0.717) is 6.54 Å². The largest absolute Gasteiger partial charge is 0.395 e. The van der Waals surface area contributed by atoms with E-state index >= 15 is 0 Å². The van der Waals surface area contributed by atoms with Gasteiger partial charge in [0.1, 0.15) is 0 Å². The van der Waals surface area contributed by atoms with Crippen LogP contribution in [-0.4, -0.2) is 38.0 Å². The number of rotatable bonds is 8. The monoisotopic (exact) mass is 175 g/mol. The Morgan fingerprint density at radius 3 is 2.58 bits per heavy atom. The molecule has 0 saturated heterocycles. The van der Waals surface area contributed by atoms with E-state index in [1.807, 2.05) is 0 Å². The Labute approximate surface area is 75.1 Å². The van der Waals surface area contributed by atoms with Crippen molar-refractivity contribution in [3.63, 3.8) is 0 Å². The Hall–Kier alpha value is -0.120. The van der Waals surface area contributed by atoms with E-state index in [9.17, 15) is 0 Å². The average molecular weight is 175 g/mol. The molecule has 0 aliphatic carbocycles. The van der Waals surface area contributed by atoms with Crippen LogP contribution in [0.5, 0.6) is 0 Å². The number of nitrogens with one attached hydrogen (secondary N) is 1. The topological polar surface area (TPSA) is 41.5 Å². The van der Waals surface area contributed by atoms with Gasteiger partial charge in [0.15, 0.2) is 0 Å². The Bertz CT molecular complexity index is 86.6. The second-order valence-electron chi connectivity index (χ2n) is 3.27. The molecule has 0 amide bonds. The first kappa shape index (κ1) is 11.9. The predicted molar refractivity (Wildman–Crippen MR) is 50.2 cm³/mol. The van der Waals surface area contributed by atoms with Crippen molar-refractivity contribution in [1.82, 2.24) is 5.32 Å². The first-order valence-corrected chi connectivity index (χ1v) is 4.66. The molecule has 0 unspecified atom stereocenters. The molecule has 0 heterocycles. The van der Waals surface area contributed by atoms with Gasteiger partial charge in [-0.1, -0.05) is 13.8 Å². The van der Waals surface area contributed by atoms with Crippen molar-refractivity contribution in [2.24, 2.45) is 5.92 Å². The van der Waals surface area contributed by atoms with Crippen LogP contribution in [0.1, 0.15) is 20.3 Å². The van der Waals surface area contributed by atoms with Crippen molar-refractivity contribution in [2.45, 2.75) is 20.3 Å². The number of hydrogen-bond donors (Lipinski definition) is 2. The number of aliphatic hydroxyl groups excluding tert-OH is 1. The van der Waals surface area contributed by atoms with Crippen molar-refractivity contribution in [2.75, 3.05) is 32.9 Å². The quantitative estimate of drug-likeness (QED) is 0.532. The lowest BCUT2D eigenvalue weighted by molar-refractivity contribution is 0.124. The van der Waals surface area contributed by atoms with E-state index in [0.717, 1.165) is 32.1 Å². The molecule has 0 spiro atoms. The van der Waals surface area contributed by atoms with E-state index in [4.69, 9.17) is 9.84 Å². The van der Waals surface area contributed by atoms with Crippen LogP contribution < -0.4 is 5.32 Å². The second kappa shape index (κ2) is 8.97. The zero-order chi connectivity index (χ0) is 9.23. The summed E-state index contributed by atoms with van der Waals surface area (Å²) in [6.07, 6.45) is 1.12. The molecule has 12 heavy (non-hydrogen) atoms. The summed E-state index contributed by atoms with van der Waals surface area (Å²) in [6.45, 7) is 7.66. The molecule has 74 valence electrons. The first-order valence-electron chi connectivity index (χ1n) is 4.66. The van der Waals surface area contributed by atoms with E-state index < -0.39 is 0 Å². The van der Waals surface area contributed by atoms with E-state index in [-0.39, 0.29) is 6.61 Å². The zero-order valence-electron chi connectivity index (χ0n) is 8.18. The summed E-state index contributed by atoms with van der Waals surface area (Å²) < 4.78 is 5.35. The summed E-state index contributed by atoms with van der Waals surface area (Å²) in [6, 6.07) is 0. The third-order valence-electron chi connectivity index (χ3n) is 1.55. The molecule has 0 aliphatic heterocycles. The fraction of sp³-hybridized carbons (Fsp3) is 1.00. The van der Waals surface area contributed by atoms with Gasteiger partial charge in [0.2, 0.25) is 0 Å². The van der Waals surface area contributed by atoms with Gasteiger partial charge in [-0.05, 0) is 12.3 Å². The SMILES string of the molecule is CC(C)CCOCCNCCO. The van der Waals surface area contributed by atoms with Crippen LogP contribution in [0.25, 0.3) is 0 Å². The third kappa shape index (κ3) is 9.88. The summed E-state index contributed by atoms with van der Waals surface area (Å²) in [5, 5.41) is 11.5. The maximum Gasteiger partial charge on any atom is 0.0590 e. The molecule has 0 saturated carbocycles. The highest BCUT2D eigenvalue weighted by molar-refractivity contribution is 4.45. The lowest BCUT2D eigenvalue weighted by Crippen LogP contribution is -2.23. The average Bonchev–Trinajstić information content (AvgIpc) is 2.02. The second-order valence-corrected chi connectivity index (χ2v) is 3.27. The maximum atomic E-state index is 8.44. The van der Waals surface area contributed by atoms with Gasteiger partial charge in [0.25, 0.3) is 0 Å². The van der Waals surface area contributed by atoms with Crippen molar-refractivity contribution in [1.29, 1.82) is 0 Å². The molecule has 3 heteroatoms. The minimum atomic E-state index is 0.200. The molecule has 0 aromatic carbocycles.